The average Bonchev–Trinajstić information content (AvgIpc) is 3.23. The lowest BCUT2D eigenvalue weighted by Gasteiger charge is -2.09. The molecule has 0 aliphatic rings. The van der Waals surface area contributed by atoms with Crippen molar-refractivity contribution in [1.82, 2.24) is 4.98 Å². The Balaban J connectivity index is 1.71. The lowest BCUT2D eigenvalue weighted by Crippen LogP contribution is -1.98. The van der Waals surface area contributed by atoms with E-state index in [1.54, 1.807) is 35.7 Å². The Labute approximate surface area is 131 Å². The number of hydrogen-bond donors (Lipinski definition) is 0. The third kappa shape index (κ3) is 3.01. The van der Waals surface area contributed by atoms with Crippen molar-refractivity contribution in [3.05, 3.63) is 53.4 Å². The van der Waals surface area contributed by atoms with Crippen molar-refractivity contribution < 1.29 is 18.7 Å². The fourth-order valence-corrected chi connectivity index (χ4v) is 2.60. The van der Waals surface area contributed by atoms with E-state index in [0.29, 0.717) is 23.0 Å². The second kappa shape index (κ2) is 6.44. The highest BCUT2D eigenvalue weighted by molar-refractivity contribution is 7.13. The molecule has 1 aromatic carbocycles. The fraction of sp³-hybridized carbons (Fsp3) is 0.125. The Morgan fingerprint density at radius 1 is 1.32 bits per heavy atom. The predicted molar refractivity (Wildman–Crippen MR) is 82.5 cm³/mol. The molecule has 3 rings (SSSR count). The highest BCUT2D eigenvalue weighted by Gasteiger charge is 2.10. The summed E-state index contributed by atoms with van der Waals surface area (Å²) in [5.74, 6) is 2.22. The van der Waals surface area contributed by atoms with Crippen LogP contribution < -0.4 is 9.47 Å². The van der Waals surface area contributed by atoms with Crippen molar-refractivity contribution >= 4 is 17.6 Å². The molecule has 0 saturated carbocycles. The Hall–Kier alpha value is -2.60. The number of hydrogen-bond acceptors (Lipinski definition) is 6. The summed E-state index contributed by atoms with van der Waals surface area (Å²) in [7, 11) is 1.52. The normalized spacial score (nSPS) is 10.4. The Bertz CT molecular complexity index is 764. The molecule has 2 heterocycles. The van der Waals surface area contributed by atoms with E-state index in [0.717, 1.165) is 16.9 Å². The van der Waals surface area contributed by atoms with E-state index < -0.39 is 0 Å². The van der Waals surface area contributed by atoms with Crippen LogP contribution in [0.2, 0.25) is 0 Å². The molecule has 0 radical (unpaired) electrons. The second-order valence-corrected chi connectivity index (χ2v) is 5.36. The fourth-order valence-electron chi connectivity index (χ4n) is 1.93. The van der Waals surface area contributed by atoms with Crippen LogP contribution in [0.5, 0.6) is 11.5 Å². The molecule has 6 heteroatoms. The molecule has 0 atom stereocenters. The molecule has 0 aliphatic carbocycles. The quantitative estimate of drug-likeness (QED) is 0.647. The second-order valence-electron chi connectivity index (χ2n) is 4.41. The summed E-state index contributed by atoms with van der Waals surface area (Å²) in [6.45, 7) is 0.183. The van der Waals surface area contributed by atoms with Gasteiger partial charge in [0.15, 0.2) is 23.9 Å². The summed E-state index contributed by atoms with van der Waals surface area (Å²) < 4.78 is 16.5. The SMILES string of the molecule is COc1cc(C=O)ccc1OCc1ncc(-c2cccs2)o1. The third-order valence-electron chi connectivity index (χ3n) is 2.99. The van der Waals surface area contributed by atoms with E-state index >= 15 is 0 Å². The number of nitrogens with zero attached hydrogens (tertiary/aromatic N) is 1. The van der Waals surface area contributed by atoms with Crippen LogP contribution in [-0.2, 0) is 6.61 Å². The molecule has 0 amide bonds. The Kier molecular flexibility index (Phi) is 4.20. The van der Waals surface area contributed by atoms with Crippen molar-refractivity contribution in [2.24, 2.45) is 0 Å². The number of rotatable bonds is 6. The van der Waals surface area contributed by atoms with E-state index in [4.69, 9.17) is 13.9 Å². The first-order chi connectivity index (χ1) is 10.8. The topological polar surface area (TPSA) is 61.6 Å². The highest BCUT2D eigenvalue weighted by Crippen LogP contribution is 2.29. The largest absolute Gasteiger partial charge is 0.493 e. The first-order valence-electron chi connectivity index (χ1n) is 6.55. The smallest absolute Gasteiger partial charge is 0.232 e. The number of benzene rings is 1. The summed E-state index contributed by atoms with van der Waals surface area (Å²) in [4.78, 5) is 16.0. The standard InChI is InChI=1S/C16H13NO4S/c1-19-13-7-11(9-18)4-5-12(13)20-10-16-17-8-14(21-16)15-3-2-6-22-15/h2-9H,10H2,1H3. The number of thiophene rings is 1. The van der Waals surface area contributed by atoms with Crippen LogP contribution in [0.15, 0.2) is 46.3 Å². The molecule has 0 bridgehead atoms. The first kappa shape index (κ1) is 14.3. The van der Waals surface area contributed by atoms with E-state index in [1.165, 1.54) is 7.11 Å². The Morgan fingerprint density at radius 3 is 2.95 bits per heavy atom. The van der Waals surface area contributed by atoms with Gasteiger partial charge in [0.25, 0.3) is 0 Å². The van der Waals surface area contributed by atoms with Gasteiger partial charge >= 0.3 is 0 Å². The van der Waals surface area contributed by atoms with Gasteiger partial charge < -0.3 is 13.9 Å². The molecule has 0 fully saturated rings. The Morgan fingerprint density at radius 2 is 2.23 bits per heavy atom. The van der Waals surface area contributed by atoms with Gasteiger partial charge in [0.1, 0.15) is 6.29 Å². The number of oxazole rings is 1. The maximum atomic E-state index is 10.8. The van der Waals surface area contributed by atoms with Crippen molar-refractivity contribution in [3.63, 3.8) is 0 Å². The minimum atomic E-state index is 0.183. The maximum absolute atomic E-state index is 10.8. The van der Waals surface area contributed by atoms with E-state index in [9.17, 15) is 4.79 Å². The van der Waals surface area contributed by atoms with Gasteiger partial charge in [-0.05, 0) is 29.6 Å². The van der Waals surface area contributed by atoms with E-state index in [1.807, 2.05) is 17.5 Å². The summed E-state index contributed by atoms with van der Waals surface area (Å²) in [5.41, 5.74) is 0.528. The van der Waals surface area contributed by atoms with Gasteiger partial charge in [-0.1, -0.05) is 6.07 Å². The molecule has 0 aliphatic heterocycles. The summed E-state index contributed by atoms with van der Waals surface area (Å²) >= 11 is 1.59. The van der Waals surface area contributed by atoms with Gasteiger partial charge in [0, 0.05) is 5.56 Å². The van der Waals surface area contributed by atoms with Gasteiger partial charge in [-0.2, -0.15) is 0 Å². The highest BCUT2D eigenvalue weighted by atomic mass is 32.1. The molecular formula is C16H13NO4S. The molecule has 0 saturated heterocycles. The van der Waals surface area contributed by atoms with Crippen molar-refractivity contribution in [2.75, 3.05) is 7.11 Å². The van der Waals surface area contributed by atoms with Gasteiger partial charge in [-0.25, -0.2) is 4.98 Å². The zero-order valence-corrected chi connectivity index (χ0v) is 12.6. The lowest BCUT2D eigenvalue weighted by molar-refractivity contribution is 0.112. The summed E-state index contributed by atoms with van der Waals surface area (Å²) in [5, 5.41) is 1.98. The third-order valence-corrected chi connectivity index (χ3v) is 3.88. The number of carbonyl (C=O) groups is 1. The molecular weight excluding hydrogens is 302 g/mol. The molecule has 0 N–H and O–H groups in total. The van der Waals surface area contributed by atoms with Crippen molar-refractivity contribution in [1.29, 1.82) is 0 Å². The summed E-state index contributed by atoms with van der Waals surface area (Å²) in [6, 6.07) is 8.90. The molecule has 0 spiro atoms. The van der Waals surface area contributed by atoms with Crippen LogP contribution >= 0.6 is 11.3 Å². The number of aldehydes is 1. The van der Waals surface area contributed by atoms with Crippen LogP contribution in [0, 0.1) is 0 Å². The molecule has 0 unspecified atom stereocenters. The van der Waals surface area contributed by atoms with E-state index in [-0.39, 0.29) is 6.61 Å². The number of ether oxygens (including phenoxy) is 2. The van der Waals surface area contributed by atoms with Crippen LogP contribution in [0.3, 0.4) is 0 Å². The van der Waals surface area contributed by atoms with Crippen molar-refractivity contribution in [3.8, 4) is 22.1 Å². The minimum Gasteiger partial charge on any atom is -0.493 e. The summed E-state index contributed by atoms with van der Waals surface area (Å²) in [6.07, 6.45) is 2.44. The minimum absolute atomic E-state index is 0.183. The lowest BCUT2D eigenvalue weighted by atomic mass is 10.2. The van der Waals surface area contributed by atoms with Gasteiger partial charge in [0.05, 0.1) is 18.2 Å². The number of aromatic nitrogens is 1. The number of methoxy groups -OCH3 is 1. The molecule has 5 nitrogen and oxygen atoms in total. The van der Waals surface area contributed by atoms with Crippen LogP contribution in [0.25, 0.3) is 10.6 Å². The number of carbonyl (C=O) groups excluding carboxylic acids is 1. The predicted octanol–water partition coefficient (Wildman–Crippen LogP) is 3.80. The maximum Gasteiger partial charge on any atom is 0.232 e. The zero-order valence-electron chi connectivity index (χ0n) is 11.8. The van der Waals surface area contributed by atoms with Crippen LogP contribution in [-0.4, -0.2) is 18.4 Å². The monoisotopic (exact) mass is 315 g/mol. The first-order valence-corrected chi connectivity index (χ1v) is 7.42. The van der Waals surface area contributed by atoms with Crippen LogP contribution in [0.1, 0.15) is 16.2 Å². The van der Waals surface area contributed by atoms with E-state index in [2.05, 4.69) is 4.98 Å². The zero-order chi connectivity index (χ0) is 15.4. The van der Waals surface area contributed by atoms with Gasteiger partial charge in [-0.15, -0.1) is 11.3 Å². The van der Waals surface area contributed by atoms with Crippen LogP contribution in [0.4, 0.5) is 0 Å². The van der Waals surface area contributed by atoms with Crippen molar-refractivity contribution in [2.45, 2.75) is 6.61 Å². The van der Waals surface area contributed by atoms with Gasteiger partial charge in [-0.3, -0.25) is 4.79 Å². The molecule has 2 aromatic heterocycles. The molecule has 3 aromatic rings. The van der Waals surface area contributed by atoms with Gasteiger partial charge in [0.2, 0.25) is 5.89 Å². The molecule has 22 heavy (non-hydrogen) atoms. The average molecular weight is 315 g/mol. The molecule has 112 valence electrons.